The monoisotopic (exact) mass is 475 g/mol. The summed E-state index contributed by atoms with van der Waals surface area (Å²) < 4.78 is 13.7. The highest BCUT2D eigenvalue weighted by molar-refractivity contribution is 6.42. The average molecular weight is 476 g/mol. The van der Waals surface area contributed by atoms with Gasteiger partial charge in [0.15, 0.2) is 0 Å². The highest BCUT2D eigenvalue weighted by Gasteiger charge is 2.33. The summed E-state index contributed by atoms with van der Waals surface area (Å²) in [5.41, 5.74) is 0.351. The maximum Gasteiger partial charge on any atom is 0.121 e. The number of hydrogen-bond acceptors (Lipinski definition) is 5. The Balaban J connectivity index is 1.23. The molecule has 1 fully saturated rings. The molecule has 1 saturated heterocycles. The van der Waals surface area contributed by atoms with Gasteiger partial charge in [-0.25, -0.2) is 4.98 Å². The SMILES string of the molecule is OC1(COc2ccc(Cl)c(Cl)c2)CCN(Cc2cccc(OCCn3ccnc3)c2)CC1. The molecule has 8 heteroatoms. The van der Waals surface area contributed by atoms with E-state index in [2.05, 4.69) is 22.0 Å². The summed E-state index contributed by atoms with van der Waals surface area (Å²) >= 11 is 12.0. The Labute approximate surface area is 198 Å². The Kier molecular flexibility index (Phi) is 7.58. The van der Waals surface area contributed by atoms with E-state index in [9.17, 15) is 5.11 Å². The van der Waals surface area contributed by atoms with Crippen LogP contribution in [-0.4, -0.2) is 51.5 Å². The van der Waals surface area contributed by atoms with E-state index in [0.717, 1.165) is 31.9 Å². The van der Waals surface area contributed by atoms with Gasteiger partial charge in [-0.15, -0.1) is 0 Å². The first kappa shape index (κ1) is 22.9. The normalized spacial score (nSPS) is 16.1. The second-order valence-electron chi connectivity index (χ2n) is 8.16. The van der Waals surface area contributed by atoms with Crippen molar-refractivity contribution in [1.82, 2.24) is 14.5 Å². The Morgan fingerprint density at radius 2 is 1.81 bits per heavy atom. The summed E-state index contributed by atoms with van der Waals surface area (Å²) in [7, 11) is 0. The fourth-order valence-corrected chi connectivity index (χ4v) is 4.02. The summed E-state index contributed by atoms with van der Waals surface area (Å²) in [5, 5.41) is 11.9. The molecule has 0 saturated carbocycles. The van der Waals surface area contributed by atoms with Crippen LogP contribution in [0.3, 0.4) is 0 Å². The topological polar surface area (TPSA) is 59.8 Å². The van der Waals surface area contributed by atoms with Crippen LogP contribution in [0, 0.1) is 0 Å². The second-order valence-corrected chi connectivity index (χ2v) is 8.98. The molecule has 1 aliphatic heterocycles. The van der Waals surface area contributed by atoms with Crippen LogP contribution in [-0.2, 0) is 13.1 Å². The van der Waals surface area contributed by atoms with Gasteiger partial charge in [-0.1, -0.05) is 35.3 Å². The first-order valence-corrected chi connectivity index (χ1v) is 11.4. The predicted octanol–water partition coefficient (Wildman–Crippen LogP) is 4.67. The number of aromatic nitrogens is 2. The van der Waals surface area contributed by atoms with Crippen LogP contribution >= 0.6 is 23.2 Å². The van der Waals surface area contributed by atoms with Gasteiger partial charge in [0.05, 0.1) is 22.9 Å². The summed E-state index contributed by atoms with van der Waals surface area (Å²) in [4.78, 5) is 6.38. The third-order valence-electron chi connectivity index (χ3n) is 5.67. The van der Waals surface area contributed by atoms with Crippen molar-refractivity contribution < 1.29 is 14.6 Å². The molecule has 3 aromatic rings. The first-order chi connectivity index (χ1) is 15.5. The number of likely N-dealkylation sites (tertiary alicyclic amines) is 1. The van der Waals surface area contributed by atoms with Crippen molar-refractivity contribution in [3.63, 3.8) is 0 Å². The van der Waals surface area contributed by atoms with Crippen LogP contribution in [0.1, 0.15) is 18.4 Å². The fraction of sp³-hybridized carbons (Fsp3) is 0.375. The Morgan fingerprint density at radius 3 is 2.56 bits per heavy atom. The van der Waals surface area contributed by atoms with E-state index in [4.69, 9.17) is 32.7 Å². The molecule has 170 valence electrons. The van der Waals surface area contributed by atoms with Crippen molar-refractivity contribution in [2.45, 2.75) is 31.5 Å². The minimum absolute atomic E-state index is 0.235. The molecule has 1 aliphatic rings. The van der Waals surface area contributed by atoms with Crippen molar-refractivity contribution in [2.75, 3.05) is 26.3 Å². The highest BCUT2D eigenvalue weighted by atomic mass is 35.5. The van der Waals surface area contributed by atoms with Gasteiger partial charge >= 0.3 is 0 Å². The second kappa shape index (κ2) is 10.6. The third kappa shape index (κ3) is 6.39. The molecule has 2 aromatic carbocycles. The number of hydrogen-bond donors (Lipinski definition) is 1. The van der Waals surface area contributed by atoms with Crippen LogP contribution in [0.4, 0.5) is 0 Å². The highest BCUT2D eigenvalue weighted by Crippen LogP contribution is 2.29. The number of halogens is 2. The van der Waals surface area contributed by atoms with E-state index < -0.39 is 5.60 Å². The van der Waals surface area contributed by atoms with Gasteiger partial charge in [0.25, 0.3) is 0 Å². The predicted molar refractivity (Wildman–Crippen MR) is 126 cm³/mol. The Morgan fingerprint density at radius 1 is 1.00 bits per heavy atom. The summed E-state index contributed by atoms with van der Waals surface area (Å²) in [6.45, 7) is 4.01. The van der Waals surface area contributed by atoms with Crippen LogP contribution < -0.4 is 9.47 Å². The minimum Gasteiger partial charge on any atom is -0.492 e. The van der Waals surface area contributed by atoms with Gasteiger partial charge in [0.2, 0.25) is 0 Å². The van der Waals surface area contributed by atoms with Crippen molar-refractivity contribution in [1.29, 1.82) is 0 Å². The lowest BCUT2D eigenvalue weighted by Crippen LogP contribution is -2.47. The molecular weight excluding hydrogens is 449 g/mol. The minimum atomic E-state index is -0.846. The van der Waals surface area contributed by atoms with E-state index >= 15 is 0 Å². The summed E-state index contributed by atoms with van der Waals surface area (Å²) in [6, 6.07) is 13.3. The molecular formula is C24H27Cl2N3O3. The molecule has 0 unspecified atom stereocenters. The van der Waals surface area contributed by atoms with Crippen molar-refractivity contribution in [3.05, 3.63) is 76.8 Å². The van der Waals surface area contributed by atoms with Crippen LogP contribution in [0.2, 0.25) is 10.0 Å². The van der Waals surface area contributed by atoms with Gasteiger partial charge in [0.1, 0.15) is 30.3 Å². The zero-order valence-electron chi connectivity index (χ0n) is 17.8. The lowest BCUT2D eigenvalue weighted by Gasteiger charge is -2.38. The lowest BCUT2D eigenvalue weighted by molar-refractivity contribution is -0.0537. The molecule has 0 bridgehead atoms. The lowest BCUT2D eigenvalue weighted by atomic mass is 9.92. The molecule has 1 aromatic heterocycles. The zero-order valence-corrected chi connectivity index (χ0v) is 19.3. The van der Waals surface area contributed by atoms with E-state index in [0.29, 0.717) is 35.2 Å². The number of piperidine rings is 1. The van der Waals surface area contributed by atoms with E-state index in [1.165, 1.54) is 5.56 Å². The molecule has 32 heavy (non-hydrogen) atoms. The van der Waals surface area contributed by atoms with Gasteiger partial charge < -0.3 is 19.1 Å². The molecule has 0 aliphatic carbocycles. The number of ether oxygens (including phenoxy) is 2. The van der Waals surface area contributed by atoms with Gasteiger partial charge in [0, 0.05) is 38.1 Å². The first-order valence-electron chi connectivity index (χ1n) is 10.7. The van der Waals surface area contributed by atoms with Crippen molar-refractivity contribution in [2.24, 2.45) is 0 Å². The number of nitrogens with zero attached hydrogens (tertiary/aromatic N) is 3. The Hall–Kier alpha value is -2.25. The smallest absolute Gasteiger partial charge is 0.121 e. The van der Waals surface area contributed by atoms with Crippen LogP contribution in [0.15, 0.2) is 61.2 Å². The van der Waals surface area contributed by atoms with E-state index in [-0.39, 0.29) is 6.61 Å². The summed E-state index contributed by atoms with van der Waals surface area (Å²) in [6.07, 6.45) is 6.77. The standard InChI is InChI=1S/C24H27Cl2N3O3/c25-22-5-4-21(15-23(22)26)32-17-24(30)6-9-28(10-7-24)16-19-2-1-3-20(14-19)31-13-12-29-11-8-27-18-29/h1-5,8,11,14-15,18,30H,6-7,9-10,12-13,16-17H2. The molecule has 0 radical (unpaired) electrons. The maximum absolute atomic E-state index is 10.9. The number of aliphatic hydroxyl groups is 1. The van der Waals surface area contributed by atoms with Crippen molar-refractivity contribution >= 4 is 23.2 Å². The zero-order chi connectivity index (χ0) is 22.4. The Bertz CT molecular complexity index is 1010. The van der Waals surface area contributed by atoms with Gasteiger partial charge in [-0.2, -0.15) is 0 Å². The number of imidazole rings is 1. The molecule has 0 spiro atoms. The quantitative estimate of drug-likeness (QED) is 0.486. The molecule has 0 atom stereocenters. The largest absolute Gasteiger partial charge is 0.492 e. The van der Waals surface area contributed by atoms with Gasteiger partial charge in [-0.3, -0.25) is 4.90 Å². The van der Waals surface area contributed by atoms with Crippen molar-refractivity contribution in [3.8, 4) is 11.5 Å². The fourth-order valence-electron chi connectivity index (χ4n) is 3.74. The van der Waals surface area contributed by atoms with Gasteiger partial charge in [-0.05, 0) is 42.7 Å². The van der Waals surface area contributed by atoms with E-state index in [1.54, 1.807) is 30.7 Å². The number of rotatable bonds is 9. The maximum atomic E-state index is 10.9. The molecule has 6 nitrogen and oxygen atoms in total. The summed E-state index contributed by atoms with van der Waals surface area (Å²) in [5.74, 6) is 1.48. The van der Waals surface area contributed by atoms with Crippen LogP contribution in [0.25, 0.3) is 0 Å². The van der Waals surface area contributed by atoms with E-state index in [1.807, 2.05) is 22.9 Å². The molecule has 0 amide bonds. The molecule has 2 heterocycles. The molecule has 1 N–H and O–H groups in total. The van der Waals surface area contributed by atoms with Crippen LogP contribution in [0.5, 0.6) is 11.5 Å². The number of benzene rings is 2. The third-order valence-corrected chi connectivity index (χ3v) is 6.41. The molecule has 4 rings (SSSR count). The average Bonchev–Trinajstić information content (AvgIpc) is 3.30.